The molecule has 0 amide bonds. The highest BCUT2D eigenvalue weighted by Crippen LogP contribution is 2.36. The van der Waals surface area contributed by atoms with Crippen molar-refractivity contribution < 1.29 is 9.84 Å². The summed E-state index contributed by atoms with van der Waals surface area (Å²) >= 11 is 0. The Morgan fingerprint density at radius 1 is 1.14 bits per heavy atom. The Kier molecular flexibility index (Phi) is 4.51. The van der Waals surface area contributed by atoms with Crippen LogP contribution in [0.2, 0.25) is 0 Å². The maximum absolute atomic E-state index is 10.3. The zero-order valence-electron chi connectivity index (χ0n) is 13.2. The molecule has 1 heterocycles. The summed E-state index contributed by atoms with van der Waals surface area (Å²) in [7, 11) is 1.71. The van der Waals surface area contributed by atoms with Crippen molar-refractivity contribution in [3.63, 3.8) is 0 Å². The van der Waals surface area contributed by atoms with E-state index < -0.39 is 0 Å². The van der Waals surface area contributed by atoms with Gasteiger partial charge in [-0.3, -0.25) is 4.90 Å². The van der Waals surface area contributed by atoms with E-state index >= 15 is 0 Å². The Morgan fingerprint density at radius 3 is 2.52 bits per heavy atom. The van der Waals surface area contributed by atoms with E-state index in [9.17, 15) is 5.11 Å². The molecule has 116 valence electrons. The largest absolute Gasteiger partial charge is 0.497 e. The summed E-state index contributed by atoms with van der Waals surface area (Å²) < 4.78 is 5.24. The van der Waals surface area contributed by atoms with Crippen molar-refractivity contribution in [2.45, 2.75) is 63.1 Å². The highest BCUT2D eigenvalue weighted by molar-refractivity contribution is 5.30. The van der Waals surface area contributed by atoms with Crippen LogP contribution in [0.25, 0.3) is 0 Å². The van der Waals surface area contributed by atoms with Crippen LogP contribution in [-0.2, 0) is 0 Å². The first kappa shape index (κ1) is 14.9. The normalized spacial score (nSPS) is 34.0. The molecule has 0 aromatic heterocycles. The molecule has 3 nitrogen and oxygen atoms in total. The minimum atomic E-state index is -0.129. The molecule has 3 heteroatoms. The number of hydrogen-bond donors (Lipinski definition) is 1. The summed E-state index contributed by atoms with van der Waals surface area (Å²) in [5.74, 6) is 1.50. The van der Waals surface area contributed by atoms with Gasteiger partial charge in [0.1, 0.15) is 5.75 Å². The number of aliphatic hydroxyl groups is 1. The fraction of sp³-hybridized carbons (Fsp3) is 0.667. The standard InChI is InChI=1S/C18H27NO2/c1-13-11-15(14-7-9-16(21-2)10-8-14)12-19(13)17-5-3-4-6-18(17)20/h7-10,13,15,17-18,20H,3-6,11-12H2,1-2H3. The summed E-state index contributed by atoms with van der Waals surface area (Å²) in [6.45, 7) is 3.39. The maximum Gasteiger partial charge on any atom is 0.118 e. The van der Waals surface area contributed by atoms with Gasteiger partial charge in [0, 0.05) is 18.6 Å². The number of rotatable bonds is 3. The van der Waals surface area contributed by atoms with Crippen molar-refractivity contribution in [3.8, 4) is 5.75 Å². The predicted molar refractivity (Wildman–Crippen MR) is 84.8 cm³/mol. The third kappa shape index (κ3) is 3.09. The summed E-state index contributed by atoms with van der Waals surface area (Å²) in [6, 6.07) is 9.43. The summed E-state index contributed by atoms with van der Waals surface area (Å²) in [4.78, 5) is 2.55. The molecular formula is C18H27NO2. The summed E-state index contributed by atoms with van der Waals surface area (Å²) in [6.07, 6.45) is 5.63. The topological polar surface area (TPSA) is 32.7 Å². The lowest BCUT2D eigenvalue weighted by atomic mass is 9.91. The number of likely N-dealkylation sites (tertiary alicyclic amines) is 1. The van der Waals surface area contributed by atoms with Crippen LogP contribution < -0.4 is 4.74 Å². The van der Waals surface area contributed by atoms with Gasteiger partial charge in [0.15, 0.2) is 0 Å². The molecule has 1 aliphatic carbocycles. The van der Waals surface area contributed by atoms with E-state index in [1.54, 1.807) is 7.11 Å². The van der Waals surface area contributed by atoms with Gasteiger partial charge < -0.3 is 9.84 Å². The summed E-state index contributed by atoms with van der Waals surface area (Å²) in [5.41, 5.74) is 1.40. The smallest absolute Gasteiger partial charge is 0.118 e. The first-order valence-corrected chi connectivity index (χ1v) is 8.27. The van der Waals surface area contributed by atoms with Gasteiger partial charge in [-0.2, -0.15) is 0 Å². The fourth-order valence-electron chi connectivity index (χ4n) is 4.11. The molecule has 1 saturated heterocycles. The van der Waals surface area contributed by atoms with E-state index in [1.807, 2.05) is 0 Å². The highest BCUT2D eigenvalue weighted by atomic mass is 16.5. The third-order valence-corrected chi connectivity index (χ3v) is 5.33. The van der Waals surface area contributed by atoms with Crippen molar-refractivity contribution in [2.24, 2.45) is 0 Å². The van der Waals surface area contributed by atoms with E-state index in [0.717, 1.165) is 25.1 Å². The number of benzene rings is 1. The van der Waals surface area contributed by atoms with E-state index in [0.29, 0.717) is 18.0 Å². The molecule has 0 bridgehead atoms. The summed E-state index contributed by atoms with van der Waals surface area (Å²) in [5, 5.41) is 10.3. The molecule has 4 unspecified atom stereocenters. The number of hydrogen-bond acceptors (Lipinski definition) is 3. The number of ether oxygens (including phenoxy) is 1. The van der Waals surface area contributed by atoms with Gasteiger partial charge >= 0.3 is 0 Å². The van der Waals surface area contributed by atoms with Crippen LogP contribution in [0.1, 0.15) is 50.5 Å². The van der Waals surface area contributed by atoms with Gasteiger partial charge in [-0.1, -0.05) is 25.0 Å². The van der Waals surface area contributed by atoms with Crippen molar-refractivity contribution in [1.82, 2.24) is 4.90 Å². The Morgan fingerprint density at radius 2 is 1.86 bits per heavy atom. The first-order valence-electron chi connectivity index (χ1n) is 8.27. The maximum atomic E-state index is 10.3. The lowest BCUT2D eigenvalue weighted by molar-refractivity contribution is 0.0161. The second kappa shape index (κ2) is 6.37. The molecule has 2 fully saturated rings. The molecule has 0 spiro atoms. The quantitative estimate of drug-likeness (QED) is 0.927. The Hall–Kier alpha value is -1.06. The molecule has 4 atom stereocenters. The van der Waals surface area contributed by atoms with Gasteiger partial charge in [0.2, 0.25) is 0 Å². The lowest BCUT2D eigenvalue weighted by Crippen LogP contribution is -2.47. The van der Waals surface area contributed by atoms with Crippen LogP contribution in [-0.4, -0.2) is 41.8 Å². The first-order chi connectivity index (χ1) is 10.2. The second-order valence-corrected chi connectivity index (χ2v) is 6.67. The van der Waals surface area contributed by atoms with Crippen molar-refractivity contribution >= 4 is 0 Å². The number of aliphatic hydroxyl groups excluding tert-OH is 1. The van der Waals surface area contributed by atoms with Crippen LogP contribution in [0.5, 0.6) is 5.75 Å². The van der Waals surface area contributed by atoms with Crippen molar-refractivity contribution in [3.05, 3.63) is 29.8 Å². The van der Waals surface area contributed by atoms with Crippen LogP contribution >= 0.6 is 0 Å². The van der Waals surface area contributed by atoms with Crippen molar-refractivity contribution in [2.75, 3.05) is 13.7 Å². The molecule has 3 rings (SSSR count). The van der Waals surface area contributed by atoms with E-state index in [2.05, 4.69) is 36.1 Å². The zero-order chi connectivity index (χ0) is 14.8. The monoisotopic (exact) mass is 289 g/mol. The van der Waals surface area contributed by atoms with Crippen LogP contribution in [0.4, 0.5) is 0 Å². The average Bonchev–Trinajstić information content (AvgIpc) is 2.90. The lowest BCUT2D eigenvalue weighted by Gasteiger charge is -2.37. The highest BCUT2D eigenvalue weighted by Gasteiger charge is 2.38. The minimum absolute atomic E-state index is 0.129. The molecule has 2 aliphatic rings. The average molecular weight is 289 g/mol. The van der Waals surface area contributed by atoms with Crippen LogP contribution in [0, 0.1) is 0 Å². The molecule has 1 saturated carbocycles. The van der Waals surface area contributed by atoms with Crippen molar-refractivity contribution in [1.29, 1.82) is 0 Å². The molecule has 1 aromatic rings. The van der Waals surface area contributed by atoms with E-state index in [4.69, 9.17) is 4.74 Å². The Balaban J connectivity index is 1.69. The zero-order valence-corrected chi connectivity index (χ0v) is 13.2. The SMILES string of the molecule is COc1ccc(C2CC(C)N(C3CCCCC3O)C2)cc1. The molecular weight excluding hydrogens is 262 g/mol. The minimum Gasteiger partial charge on any atom is -0.497 e. The third-order valence-electron chi connectivity index (χ3n) is 5.33. The second-order valence-electron chi connectivity index (χ2n) is 6.67. The van der Waals surface area contributed by atoms with Crippen LogP contribution in [0.15, 0.2) is 24.3 Å². The molecule has 0 radical (unpaired) electrons. The number of nitrogens with zero attached hydrogens (tertiary/aromatic N) is 1. The molecule has 1 N–H and O–H groups in total. The Bertz CT molecular complexity index is 459. The van der Waals surface area contributed by atoms with Gasteiger partial charge in [0.25, 0.3) is 0 Å². The van der Waals surface area contributed by atoms with Crippen LogP contribution in [0.3, 0.4) is 0 Å². The van der Waals surface area contributed by atoms with Gasteiger partial charge in [-0.25, -0.2) is 0 Å². The predicted octanol–water partition coefficient (Wildman–Crippen LogP) is 3.18. The molecule has 1 aromatic carbocycles. The fourth-order valence-corrected chi connectivity index (χ4v) is 4.11. The van der Waals surface area contributed by atoms with E-state index in [1.165, 1.54) is 24.8 Å². The Labute approximate surface area is 127 Å². The van der Waals surface area contributed by atoms with E-state index in [-0.39, 0.29) is 6.10 Å². The van der Waals surface area contributed by atoms with Gasteiger partial charge in [-0.05, 0) is 49.8 Å². The molecule has 21 heavy (non-hydrogen) atoms. The number of methoxy groups -OCH3 is 1. The van der Waals surface area contributed by atoms with Gasteiger partial charge in [-0.15, -0.1) is 0 Å². The van der Waals surface area contributed by atoms with Gasteiger partial charge in [0.05, 0.1) is 13.2 Å². The molecule has 1 aliphatic heterocycles.